The van der Waals surface area contributed by atoms with Crippen LogP contribution in [0.4, 0.5) is 5.69 Å². The molecule has 2 aromatic rings. The Balaban J connectivity index is 1.84. The van der Waals surface area contributed by atoms with Crippen LogP contribution in [0, 0.1) is 0 Å². The Kier molecular flexibility index (Phi) is 3.92. The molecule has 0 radical (unpaired) electrons. The second kappa shape index (κ2) is 6.00. The molecular weight excluding hydrogens is 366 g/mol. The van der Waals surface area contributed by atoms with Gasteiger partial charge in [0.25, 0.3) is 10.0 Å². The molecule has 2 heterocycles. The van der Waals surface area contributed by atoms with E-state index < -0.39 is 10.0 Å². The molecule has 0 aliphatic carbocycles. The maximum absolute atomic E-state index is 13.2. The zero-order valence-corrected chi connectivity index (χ0v) is 15.0. The fraction of sp³-hybridized carbons (Fsp3) is 0.294. The molecule has 0 fully saturated rings. The number of ether oxygens (including phenoxy) is 3. The first kappa shape index (κ1) is 16.4. The molecule has 0 saturated carbocycles. The molecule has 2 aromatic carbocycles. The summed E-state index contributed by atoms with van der Waals surface area (Å²) in [4.78, 5) is 0.150. The molecule has 2 aliphatic rings. The minimum Gasteiger partial charge on any atom is -0.495 e. The number of hydrogen-bond acceptors (Lipinski definition) is 5. The van der Waals surface area contributed by atoms with E-state index >= 15 is 0 Å². The van der Waals surface area contributed by atoms with E-state index in [4.69, 9.17) is 25.8 Å². The predicted molar refractivity (Wildman–Crippen MR) is 93.7 cm³/mol. The Morgan fingerprint density at radius 1 is 1.16 bits per heavy atom. The molecular formula is C17H16ClNO5S. The topological polar surface area (TPSA) is 73.9 Å². The lowest BCUT2D eigenvalue weighted by molar-refractivity contribution is 0.348. The van der Waals surface area contributed by atoms with Crippen molar-refractivity contribution in [3.05, 3.63) is 40.4 Å². The lowest BCUT2D eigenvalue weighted by atomic mass is 10.1. The van der Waals surface area contributed by atoms with Crippen molar-refractivity contribution in [2.45, 2.75) is 17.7 Å². The first-order valence-electron chi connectivity index (χ1n) is 7.80. The highest BCUT2D eigenvalue weighted by atomic mass is 35.5. The minimum atomic E-state index is -3.91. The van der Waals surface area contributed by atoms with Gasteiger partial charge in [0.05, 0.1) is 26.0 Å². The normalized spacial score (nSPS) is 15.1. The van der Waals surface area contributed by atoms with Crippen molar-refractivity contribution in [2.75, 3.05) is 25.0 Å². The molecule has 1 N–H and O–H groups in total. The van der Waals surface area contributed by atoms with Gasteiger partial charge in [0, 0.05) is 29.0 Å². The van der Waals surface area contributed by atoms with Gasteiger partial charge in [0.2, 0.25) is 0 Å². The van der Waals surface area contributed by atoms with Gasteiger partial charge in [-0.25, -0.2) is 8.42 Å². The third kappa shape index (κ3) is 2.77. The quantitative estimate of drug-likeness (QED) is 0.881. The third-order valence-corrected chi connectivity index (χ3v) is 5.97. The fourth-order valence-corrected chi connectivity index (χ4v) is 4.87. The van der Waals surface area contributed by atoms with Crippen LogP contribution in [0.5, 0.6) is 17.2 Å². The molecule has 0 unspecified atom stereocenters. The second-order valence-electron chi connectivity index (χ2n) is 5.82. The van der Waals surface area contributed by atoms with Crippen molar-refractivity contribution in [3.8, 4) is 17.2 Å². The van der Waals surface area contributed by atoms with E-state index in [0.29, 0.717) is 53.9 Å². The highest BCUT2D eigenvalue weighted by Gasteiger charge is 2.34. The van der Waals surface area contributed by atoms with Crippen molar-refractivity contribution in [1.82, 2.24) is 0 Å². The SMILES string of the molecule is COc1ccc(Cl)cc1NS(=O)(=O)c1c2c(cc3c1OCC3)OCC2. The number of hydrogen-bond donors (Lipinski definition) is 1. The molecule has 2 aliphatic heterocycles. The zero-order chi connectivity index (χ0) is 17.6. The fourth-order valence-electron chi connectivity index (χ4n) is 3.18. The summed E-state index contributed by atoms with van der Waals surface area (Å²) in [5.41, 5.74) is 1.77. The number of sulfonamides is 1. The number of anilines is 1. The average Bonchev–Trinajstić information content (AvgIpc) is 3.20. The van der Waals surface area contributed by atoms with Crippen molar-refractivity contribution in [3.63, 3.8) is 0 Å². The third-order valence-electron chi connectivity index (χ3n) is 4.28. The van der Waals surface area contributed by atoms with Gasteiger partial charge < -0.3 is 14.2 Å². The molecule has 25 heavy (non-hydrogen) atoms. The van der Waals surface area contributed by atoms with E-state index in [1.54, 1.807) is 12.1 Å². The minimum absolute atomic E-state index is 0.150. The monoisotopic (exact) mass is 381 g/mol. The van der Waals surface area contributed by atoms with Gasteiger partial charge >= 0.3 is 0 Å². The summed E-state index contributed by atoms with van der Waals surface area (Å²) in [7, 11) is -2.44. The van der Waals surface area contributed by atoms with E-state index in [1.165, 1.54) is 13.2 Å². The maximum atomic E-state index is 13.2. The van der Waals surface area contributed by atoms with E-state index in [1.807, 2.05) is 6.07 Å². The zero-order valence-electron chi connectivity index (χ0n) is 13.5. The molecule has 0 aromatic heterocycles. The molecule has 6 nitrogen and oxygen atoms in total. The summed E-state index contributed by atoms with van der Waals surface area (Å²) in [5, 5.41) is 0.404. The van der Waals surface area contributed by atoms with Crippen LogP contribution in [0.2, 0.25) is 5.02 Å². The number of rotatable bonds is 4. The Morgan fingerprint density at radius 3 is 2.76 bits per heavy atom. The van der Waals surface area contributed by atoms with Crippen LogP contribution in [-0.2, 0) is 22.9 Å². The molecule has 0 atom stereocenters. The van der Waals surface area contributed by atoms with Crippen LogP contribution in [0.25, 0.3) is 0 Å². The van der Waals surface area contributed by atoms with Crippen molar-refractivity contribution in [2.24, 2.45) is 0 Å². The standard InChI is InChI=1S/C17H16ClNO5S/c1-22-14-3-2-11(18)9-13(14)19-25(20,21)17-12-5-7-23-15(12)8-10-4-6-24-16(10)17/h2-3,8-9,19H,4-7H2,1H3. The molecule has 8 heteroatoms. The van der Waals surface area contributed by atoms with Crippen molar-refractivity contribution in [1.29, 1.82) is 0 Å². The highest BCUT2D eigenvalue weighted by Crippen LogP contribution is 2.44. The van der Waals surface area contributed by atoms with Crippen LogP contribution in [0.3, 0.4) is 0 Å². The number of halogens is 1. The van der Waals surface area contributed by atoms with Gasteiger partial charge in [0.1, 0.15) is 22.1 Å². The summed E-state index contributed by atoms with van der Waals surface area (Å²) < 4.78 is 45.3. The molecule has 4 rings (SSSR count). The number of nitrogens with one attached hydrogen (secondary N) is 1. The van der Waals surface area contributed by atoms with Gasteiger partial charge in [-0.3, -0.25) is 4.72 Å². The summed E-state index contributed by atoms with van der Waals surface area (Å²) in [5.74, 6) is 1.41. The van der Waals surface area contributed by atoms with Crippen LogP contribution in [-0.4, -0.2) is 28.7 Å². The largest absolute Gasteiger partial charge is 0.495 e. The Morgan fingerprint density at radius 2 is 1.96 bits per heavy atom. The predicted octanol–water partition coefficient (Wildman–Crippen LogP) is 3.02. The first-order chi connectivity index (χ1) is 12.0. The summed E-state index contributed by atoms with van der Waals surface area (Å²) in [6.45, 7) is 0.919. The maximum Gasteiger partial charge on any atom is 0.266 e. The van der Waals surface area contributed by atoms with E-state index in [9.17, 15) is 8.42 Å². The van der Waals surface area contributed by atoms with Crippen LogP contribution in [0.15, 0.2) is 29.2 Å². The van der Waals surface area contributed by atoms with E-state index in [-0.39, 0.29) is 10.6 Å². The summed E-state index contributed by atoms with van der Waals surface area (Å²) >= 11 is 6.00. The average molecular weight is 382 g/mol. The van der Waals surface area contributed by atoms with Gasteiger partial charge in [0.15, 0.2) is 0 Å². The molecule has 0 spiro atoms. The van der Waals surface area contributed by atoms with Gasteiger partial charge in [-0.05, 0) is 24.3 Å². The number of fused-ring (bicyclic) bond motifs is 2. The molecule has 0 amide bonds. The highest BCUT2D eigenvalue weighted by molar-refractivity contribution is 7.93. The Labute approximate surface area is 150 Å². The second-order valence-corrected chi connectivity index (χ2v) is 7.87. The molecule has 0 saturated heterocycles. The van der Waals surface area contributed by atoms with E-state index in [2.05, 4.69) is 4.72 Å². The van der Waals surface area contributed by atoms with Gasteiger partial charge in [-0.2, -0.15) is 0 Å². The first-order valence-corrected chi connectivity index (χ1v) is 9.66. The summed E-state index contributed by atoms with van der Waals surface area (Å²) in [6.07, 6.45) is 1.18. The van der Waals surface area contributed by atoms with Crippen LogP contribution < -0.4 is 18.9 Å². The lowest BCUT2D eigenvalue weighted by Gasteiger charge is -2.16. The smallest absolute Gasteiger partial charge is 0.266 e. The number of benzene rings is 2. The number of methoxy groups -OCH3 is 1. The van der Waals surface area contributed by atoms with Gasteiger partial charge in [-0.1, -0.05) is 11.6 Å². The Bertz CT molecular complexity index is 926. The van der Waals surface area contributed by atoms with Crippen LogP contribution >= 0.6 is 11.6 Å². The summed E-state index contributed by atoms with van der Waals surface area (Å²) in [6, 6.07) is 6.63. The van der Waals surface area contributed by atoms with Crippen LogP contribution in [0.1, 0.15) is 11.1 Å². The van der Waals surface area contributed by atoms with E-state index in [0.717, 1.165) is 5.56 Å². The van der Waals surface area contributed by atoms with Crippen molar-refractivity contribution >= 4 is 27.3 Å². The Hall–Kier alpha value is -2.12. The molecule has 0 bridgehead atoms. The van der Waals surface area contributed by atoms with Crippen molar-refractivity contribution < 1.29 is 22.6 Å². The van der Waals surface area contributed by atoms with Gasteiger partial charge in [-0.15, -0.1) is 0 Å². The molecule has 132 valence electrons. The lowest BCUT2D eigenvalue weighted by Crippen LogP contribution is -2.16.